The quantitative estimate of drug-likeness (QED) is 0.789. The van der Waals surface area contributed by atoms with E-state index in [1.807, 2.05) is 0 Å². The Kier molecular flexibility index (Phi) is 5.07. The van der Waals surface area contributed by atoms with Gasteiger partial charge in [0.05, 0.1) is 12.7 Å². The third kappa shape index (κ3) is 4.04. The number of nitrogens with zero attached hydrogens (tertiary/aromatic N) is 1. The molecule has 2 atom stereocenters. The normalized spacial score (nSPS) is 33.6. The lowest BCUT2D eigenvalue weighted by Gasteiger charge is -2.27. The van der Waals surface area contributed by atoms with E-state index in [2.05, 4.69) is 17.1 Å². The zero-order valence-electron chi connectivity index (χ0n) is 10.6. The van der Waals surface area contributed by atoms with Crippen LogP contribution >= 0.6 is 0 Å². The van der Waals surface area contributed by atoms with Crippen molar-refractivity contribution in [1.82, 2.24) is 10.2 Å². The Bertz CT molecular complexity index is 192. The number of rotatable bonds is 3. The van der Waals surface area contributed by atoms with Gasteiger partial charge in [0.25, 0.3) is 0 Å². The van der Waals surface area contributed by atoms with Crippen molar-refractivity contribution in [3.8, 4) is 0 Å². The van der Waals surface area contributed by atoms with E-state index in [-0.39, 0.29) is 0 Å². The van der Waals surface area contributed by atoms with E-state index in [4.69, 9.17) is 4.74 Å². The van der Waals surface area contributed by atoms with E-state index in [9.17, 15) is 0 Å². The monoisotopic (exact) mass is 226 g/mol. The van der Waals surface area contributed by atoms with Gasteiger partial charge in [0.2, 0.25) is 0 Å². The highest BCUT2D eigenvalue weighted by Gasteiger charge is 2.17. The number of nitrogens with one attached hydrogen (secondary N) is 1. The SMILES string of the molecule is CC1CCCN(CCC2CNCCO2)CC1. The van der Waals surface area contributed by atoms with Crippen LogP contribution in [0.4, 0.5) is 0 Å². The molecule has 0 amide bonds. The minimum atomic E-state index is 0.453. The van der Waals surface area contributed by atoms with Gasteiger partial charge in [-0.15, -0.1) is 0 Å². The van der Waals surface area contributed by atoms with E-state index >= 15 is 0 Å². The molecule has 0 saturated carbocycles. The molecular weight excluding hydrogens is 200 g/mol. The zero-order chi connectivity index (χ0) is 11.2. The maximum Gasteiger partial charge on any atom is 0.0712 e. The molecule has 0 aromatic rings. The first-order valence-corrected chi connectivity index (χ1v) is 6.89. The Morgan fingerprint density at radius 2 is 2.25 bits per heavy atom. The van der Waals surface area contributed by atoms with Gasteiger partial charge in [0.15, 0.2) is 0 Å². The summed E-state index contributed by atoms with van der Waals surface area (Å²) in [6.07, 6.45) is 5.82. The second kappa shape index (κ2) is 6.58. The molecule has 94 valence electrons. The summed E-state index contributed by atoms with van der Waals surface area (Å²) in [7, 11) is 0. The molecule has 2 rings (SSSR count). The van der Waals surface area contributed by atoms with Crippen molar-refractivity contribution in [2.45, 2.75) is 38.7 Å². The van der Waals surface area contributed by atoms with Gasteiger partial charge in [-0.3, -0.25) is 0 Å². The topological polar surface area (TPSA) is 24.5 Å². The number of hydrogen-bond donors (Lipinski definition) is 1. The summed E-state index contributed by atoms with van der Waals surface area (Å²) in [4.78, 5) is 2.63. The van der Waals surface area contributed by atoms with Crippen molar-refractivity contribution in [3.63, 3.8) is 0 Å². The Morgan fingerprint density at radius 1 is 1.31 bits per heavy atom. The lowest BCUT2D eigenvalue weighted by Crippen LogP contribution is -2.40. The van der Waals surface area contributed by atoms with Crippen LogP contribution in [-0.2, 0) is 4.74 Å². The van der Waals surface area contributed by atoms with Crippen LogP contribution in [-0.4, -0.2) is 50.3 Å². The van der Waals surface area contributed by atoms with Crippen molar-refractivity contribution in [2.24, 2.45) is 5.92 Å². The van der Waals surface area contributed by atoms with Crippen LogP contribution in [0.25, 0.3) is 0 Å². The molecule has 16 heavy (non-hydrogen) atoms. The lowest BCUT2D eigenvalue weighted by molar-refractivity contribution is 0.0175. The van der Waals surface area contributed by atoms with Crippen molar-refractivity contribution >= 4 is 0 Å². The largest absolute Gasteiger partial charge is 0.376 e. The van der Waals surface area contributed by atoms with Gasteiger partial charge in [0, 0.05) is 19.6 Å². The van der Waals surface area contributed by atoms with Crippen LogP contribution in [0.2, 0.25) is 0 Å². The van der Waals surface area contributed by atoms with E-state index in [0.29, 0.717) is 6.10 Å². The molecule has 2 unspecified atom stereocenters. The third-order valence-electron chi connectivity index (χ3n) is 3.88. The van der Waals surface area contributed by atoms with Gasteiger partial charge in [-0.25, -0.2) is 0 Å². The predicted molar refractivity (Wildman–Crippen MR) is 66.7 cm³/mol. The lowest BCUT2D eigenvalue weighted by atomic mass is 10.0. The Morgan fingerprint density at radius 3 is 3.06 bits per heavy atom. The second-order valence-electron chi connectivity index (χ2n) is 5.36. The molecule has 2 aliphatic heterocycles. The Hall–Kier alpha value is -0.120. The van der Waals surface area contributed by atoms with Crippen LogP contribution in [0.5, 0.6) is 0 Å². The van der Waals surface area contributed by atoms with E-state index in [1.54, 1.807) is 0 Å². The van der Waals surface area contributed by atoms with Crippen LogP contribution in [0.1, 0.15) is 32.6 Å². The van der Waals surface area contributed by atoms with Gasteiger partial charge >= 0.3 is 0 Å². The summed E-state index contributed by atoms with van der Waals surface area (Å²) in [5.74, 6) is 0.928. The minimum absolute atomic E-state index is 0.453. The van der Waals surface area contributed by atoms with E-state index in [1.165, 1.54) is 45.3 Å². The summed E-state index contributed by atoms with van der Waals surface area (Å²) in [5.41, 5.74) is 0. The van der Waals surface area contributed by atoms with E-state index < -0.39 is 0 Å². The Balaban J connectivity index is 1.64. The summed E-state index contributed by atoms with van der Waals surface area (Å²) in [6, 6.07) is 0. The highest BCUT2D eigenvalue weighted by atomic mass is 16.5. The molecule has 0 aromatic heterocycles. The average molecular weight is 226 g/mol. The molecule has 0 aliphatic carbocycles. The van der Waals surface area contributed by atoms with Crippen LogP contribution < -0.4 is 5.32 Å². The predicted octanol–water partition coefficient (Wildman–Crippen LogP) is 1.49. The number of morpholine rings is 1. The number of ether oxygens (including phenoxy) is 1. The summed E-state index contributed by atoms with van der Waals surface area (Å²) in [5, 5.41) is 3.40. The Labute approximate surface area is 99.5 Å². The summed E-state index contributed by atoms with van der Waals surface area (Å²) in [6.45, 7) is 9.16. The highest BCUT2D eigenvalue weighted by molar-refractivity contribution is 4.72. The molecular formula is C13H26N2O. The van der Waals surface area contributed by atoms with Crippen LogP contribution in [0, 0.1) is 5.92 Å². The summed E-state index contributed by atoms with van der Waals surface area (Å²) < 4.78 is 5.73. The van der Waals surface area contributed by atoms with Gasteiger partial charge in [-0.1, -0.05) is 6.92 Å². The number of hydrogen-bond acceptors (Lipinski definition) is 3. The molecule has 1 N–H and O–H groups in total. The molecule has 0 radical (unpaired) electrons. The first kappa shape index (κ1) is 12.3. The molecule has 3 nitrogen and oxygen atoms in total. The molecule has 2 heterocycles. The zero-order valence-corrected chi connectivity index (χ0v) is 10.6. The van der Waals surface area contributed by atoms with Crippen molar-refractivity contribution in [3.05, 3.63) is 0 Å². The average Bonchev–Trinajstić information content (AvgIpc) is 2.53. The standard InChI is InChI=1S/C13H26N2O/c1-12-3-2-7-15(8-4-12)9-5-13-11-14-6-10-16-13/h12-14H,2-11H2,1H3. The molecule has 2 saturated heterocycles. The van der Waals surface area contributed by atoms with Gasteiger partial charge in [-0.05, 0) is 44.7 Å². The maximum absolute atomic E-state index is 5.73. The van der Waals surface area contributed by atoms with Gasteiger partial charge < -0.3 is 15.0 Å². The molecule has 3 heteroatoms. The smallest absolute Gasteiger partial charge is 0.0712 e. The van der Waals surface area contributed by atoms with Crippen molar-refractivity contribution < 1.29 is 4.74 Å². The molecule has 2 fully saturated rings. The summed E-state index contributed by atoms with van der Waals surface area (Å²) >= 11 is 0. The second-order valence-corrected chi connectivity index (χ2v) is 5.36. The van der Waals surface area contributed by atoms with Gasteiger partial charge in [0.1, 0.15) is 0 Å². The van der Waals surface area contributed by atoms with Crippen LogP contribution in [0.3, 0.4) is 0 Å². The number of likely N-dealkylation sites (tertiary alicyclic amines) is 1. The fraction of sp³-hybridized carbons (Fsp3) is 1.00. The molecule has 0 aromatic carbocycles. The first-order valence-electron chi connectivity index (χ1n) is 6.89. The minimum Gasteiger partial charge on any atom is -0.376 e. The first-order chi connectivity index (χ1) is 7.84. The van der Waals surface area contributed by atoms with Crippen LogP contribution in [0.15, 0.2) is 0 Å². The van der Waals surface area contributed by atoms with Crippen molar-refractivity contribution in [1.29, 1.82) is 0 Å². The highest BCUT2D eigenvalue weighted by Crippen LogP contribution is 2.17. The molecule has 2 aliphatic rings. The van der Waals surface area contributed by atoms with Gasteiger partial charge in [-0.2, -0.15) is 0 Å². The fourth-order valence-corrected chi connectivity index (χ4v) is 2.68. The third-order valence-corrected chi connectivity index (χ3v) is 3.88. The maximum atomic E-state index is 5.73. The fourth-order valence-electron chi connectivity index (χ4n) is 2.68. The molecule has 0 bridgehead atoms. The van der Waals surface area contributed by atoms with E-state index in [0.717, 1.165) is 25.6 Å². The molecule has 0 spiro atoms. The van der Waals surface area contributed by atoms with Crippen molar-refractivity contribution in [2.75, 3.05) is 39.3 Å².